The minimum absolute atomic E-state index is 0.217. The van der Waals surface area contributed by atoms with Crippen LogP contribution in [-0.2, 0) is 9.53 Å². The maximum atomic E-state index is 11.9. The molecule has 0 radical (unpaired) electrons. The zero-order chi connectivity index (χ0) is 14.3. The Morgan fingerprint density at radius 3 is 2.53 bits per heavy atom. The standard InChI is InChI=1S/C15H21NO3/c1-5-15(3,4)14(17)19-13-9-7-12(8-10-13)16-11-18-6-2/h6-10,16H,2,5,11H2,1,3-4H3. The van der Waals surface area contributed by atoms with Gasteiger partial charge in [-0.05, 0) is 44.5 Å². The number of benzene rings is 1. The molecule has 19 heavy (non-hydrogen) atoms. The van der Waals surface area contributed by atoms with Crippen molar-refractivity contribution >= 4 is 11.7 Å². The first-order chi connectivity index (χ1) is 8.99. The van der Waals surface area contributed by atoms with Crippen LogP contribution < -0.4 is 10.1 Å². The molecule has 0 spiro atoms. The van der Waals surface area contributed by atoms with Crippen molar-refractivity contribution in [2.75, 3.05) is 12.0 Å². The highest BCUT2D eigenvalue weighted by molar-refractivity contribution is 5.78. The van der Waals surface area contributed by atoms with Crippen molar-refractivity contribution in [2.24, 2.45) is 5.41 Å². The van der Waals surface area contributed by atoms with Gasteiger partial charge in [0.2, 0.25) is 0 Å². The SMILES string of the molecule is C=COCNc1ccc(OC(=O)C(C)(C)CC)cc1. The van der Waals surface area contributed by atoms with Gasteiger partial charge in [0, 0.05) is 5.69 Å². The van der Waals surface area contributed by atoms with Crippen LogP contribution in [0, 0.1) is 5.41 Å². The number of carbonyl (C=O) groups excluding carboxylic acids is 1. The number of nitrogens with one attached hydrogen (secondary N) is 1. The van der Waals surface area contributed by atoms with Crippen molar-refractivity contribution in [3.8, 4) is 5.75 Å². The van der Waals surface area contributed by atoms with E-state index >= 15 is 0 Å². The third-order valence-electron chi connectivity index (χ3n) is 2.98. The number of anilines is 1. The maximum absolute atomic E-state index is 11.9. The lowest BCUT2D eigenvalue weighted by molar-refractivity contribution is -0.144. The number of rotatable bonds is 7. The number of carbonyl (C=O) groups is 1. The van der Waals surface area contributed by atoms with E-state index in [4.69, 9.17) is 9.47 Å². The Balaban J connectivity index is 2.57. The molecule has 104 valence electrons. The summed E-state index contributed by atoms with van der Waals surface area (Å²) in [5, 5.41) is 3.03. The summed E-state index contributed by atoms with van der Waals surface area (Å²) in [7, 11) is 0. The number of hydrogen-bond acceptors (Lipinski definition) is 4. The Morgan fingerprint density at radius 2 is 2.00 bits per heavy atom. The highest BCUT2D eigenvalue weighted by Crippen LogP contribution is 2.24. The van der Waals surface area contributed by atoms with E-state index in [-0.39, 0.29) is 5.97 Å². The van der Waals surface area contributed by atoms with Gasteiger partial charge in [0.25, 0.3) is 0 Å². The normalized spacial score (nSPS) is 10.7. The van der Waals surface area contributed by atoms with Crippen LogP contribution in [0.5, 0.6) is 5.75 Å². The fraction of sp³-hybridized carbons (Fsp3) is 0.400. The average Bonchev–Trinajstić information content (AvgIpc) is 2.41. The molecule has 0 amide bonds. The smallest absolute Gasteiger partial charge is 0.316 e. The van der Waals surface area contributed by atoms with Crippen LogP contribution in [0.3, 0.4) is 0 Å². The molecular formula is C15H21NO3. The Hall–Kier alpha value is -1.97. The number of ether oxygens (including phenoxy) is 2. The minimum Gasteiger partial charge on any atom is -0.482 e. The Labute approximate surface area is 114 Å². The second-order valence-corrected chi connectivity index (χ2v) is 4.81. The third kappa shape index (κ3) is 4.66. The average molecular weight is 263 g/mol. The van der Waals surface area contributed by atoms with E-state index in [2.05, 4.69) is 11.9 Å². The van der Waals surface area contributed by atoms with Crippen molar-refractivity contribution in [1.82, 2.24) is 0 Å². The summed E-state index contributed by atoms with van der Waals surface area (Å²) in [5.41, 5.74) is 0.422. The molecule has 1 aromatic rings. The van der Waals surface area contributed by atoms with Crippen molar-refractivity contribution in [1.29, 1.82) is 0 Å². The van der Waals surface area contributed by atoms with Crippen molar-refractivity contribution in [3.63, 3.8) is 0 Å². The quantitative estimate of drug-likeness (QED) is 0.269. The Kier molecular flexibility index (Phi) is 5.42. The molecule has 4 nitrogen and oxygen atoms in total. The van der Waals surface area contributed by atoms with E-state index in [0.29, 0.717) is 12.5 Å². The van der Waals surface area contributed by atoms with Crippen LogP contribution in [0.25, 0.3) is 0 Å². The first kappa shape index (κ1) is 15.1. The highest BCUT2D eigenvalue weighted by atomic mass is 16.5. The van der Waals surface area contributed by atoms with E-state index in [0.717, 1.165) is 12.1 Å². The van der Waals surface area contributed by atoms with Crippen LogP contribution in [0.2, 0.25) is 0 Å². The van der Waals surface area contributed by atoms with Crippen LogP contribution in [0.1, 0.15) is 27.2 Å². The predicted octanol–water partition coefficient (Wildman–Crippen LogP) is 3.56. The number of esters is 1. The lowest BCUT2D eigenvalue weighted by Gasteiger charge is -2.20. The van der Waals surface area contributed by atoms with Gasteiger partial charge in [0.1, 0.15) is 5.75 Å². The van der Waals surface area contributed by atoms with Crippen LogP contribution in [0.4, 0.5) is 5.69 Å². The molecule has 1 aromatic carbocycles. The molecule has 0 bridgehead atoms. The van der Waals surface area contributed by atoms with E-state index < -0.39 is 5.41 Å². The molecule has 4 heteroatoms. The monoisotopic (exact) mass is 263 g/mol. The molecule has 0 saturated heterocycles. The highest BCUT2D eigenvalue weighted by Gasteiger charge is 2.27. The summed E-state index contributed by atoms with van der Waals surface area (Å²) in [4.78, 5) is 11.9. The molecule has 0 unspecified atom stereocenters. The van der Waals surface area contributed by atoms with Gasteiger partial charge < -0.3 is 14.8 Å². The molecule has 0 aliphatic rings. The van der Waals surface area contributed by atoms with Crippen LogP contribution in [-0.4, -0.2) is 12.7 Å². The largest absolute Gasteiger partial charge is 0.482 e. The van der Waals surface area contributed by atoms with Gasteiger partial charge in [-0.2, -0.15) is 0 Å². The van der Waals surface area contributed by atoms with Gasteiger partial charge >= 0.3 is 5.97 Å². The summed E-state index contributed by atoms with van der Waals surface area (Å²) in [6, 6.07) is 7.15. The van der Waals surface area contributed by atoms with Gasteiger partial charge in [-0.3, -0.25) is 4.79 Å². The molecule has 0 fully saturated rings. The second kappa shape index (κ2) is 6.83. The second-order valence-electron chi connectivity index (χ2n) is 4.81. The summed E-state index contributed by atoms with van der Waals surface area (Å²) < 4.78 is 10.3. The summed E-state index contributed by atoms with van der Waals surface area (Å²) >= 11 is 0. The molecule has 0 saturated carbocycles. The summed E-state index contributed by atoms with van der Waals surface area (Å²) in [6.07, 6.45) is 2.11. The van der Waals surface area contributed by atoms with Gasteiger partial charge in [0.15, 0.2) is 6.73 Å². The third-order valence-corrected chi connectivity index (χ3v) is 2.98. The summed E-state index contributed by atoms with van der Waals surface area (Å²) in [5.74, 6) is 0.326. The predicted molar refractivity (Wildman–Crippen MR) is 75.9 cm³/mol. The maximum Gasteiger partial charge on any atom is 0.316 e. The van der Waals surface area contributed by atoms with Crippen LogP contribution >= 0.6 is 0 Å². The van der Waals surface area contributed by atoms with Gasteiger partial charge in [-0.25, -0.2) is 0 Å². The fourth-order valence-corrected chi connectivity index (χ4v) is 1.21. The van der Waals surface area contributed by atoms with E-state index in [1.165, 1.54) is 6.26 Å². The zero-order valence-electron chi connectivity index (χ0n) is 11.7. The molecule has 0 atom stereocenters. The topological polar surface area (TPSA) is 47.6 Å². The molecule has 1 N–H and O–H groups in total. The van der Waals surface area contributed by atoms with E-state index in [9.17, 15) is 4.79 Å². The van der Waals surface area contributed by atoms with Crippen molar-refractivity contribution in [3.05, 3.63) is 37.1 Å². The van der Waals surface area contributed by atoms with E-state index in [1.54, 1.807) is 12.1 Å². The Morgan fingerprint density at radius 1 is 1.37 bits per heavy atom. The fourth-order valence-electron chi connectivity index (χ4n) is 1.21. The van der Waals surface area contributed by atoms with Crippen molar-refractivity contribution in [2.45, 2.75) is 27.2 Å². The van der Waals surface area contributed by atoms with Crippen LogP contribution in [0.15, 0.2) is 37.1 Å². The van der Waals surface area contributed by atoms with Gasteiger partial charge in [-0.1, -0.05) is 13.5 Å². The molecule has 0 heterocycles. The molecule has 0 aliphatic carbocycles. The zero-order valence-corrected chi connectivity index (χ0v) is 11.7. The molecule has 1 rings (SSSR count). The molecule has 0 aromatic heterocycles. The first-order valence-electron chi connectivity index (χ1n) is 6.28. The lowest BCUT2D eigenvalue weighted by atomic mass is 9.91. The lowest BCUT2D eigenvalue weighted by Crippen LogP contribution is -2.28. The molecular weight excluding hydrogens is 242 g/mol. The Bertz CT molecular complexity index is 424. The van der Waals surface area contributed by atoms with Crippen molar-refractivity contribution < 1.29 is 14.3 Å². The first-order valence-corrected chi connectivity index (χ1v) is 6.28. The number of hydrogen-bond donors (Lipinski definition) is 1. The summed E-state index contributed by atoms with van der Waals surface area (Å²) in [6.45, 7) is 9.51. The van der Waals surface area contributed by atoms with Gasteiger partial charge in [0.05, 0.1) is 11.7 Å². The van der Waals surface area contributed by atoms with E-state index in [1.807, 2.05) is 32.9 Å². The van der Waals surface area contributed by atoms with Gasteiger partial charge in [-0.15, -0.1) is 0 Å². The minimum atomic E-state index is -0.464. The molecule has 0 aliphatic heterocycles.